The van der Waals surface area contributed by atoms with Gasteiger partial charge in [0.2, 0.25) is 0 Å². The van der Waals surface area contributed by atoms with Crippen LogP contribution in [0.2, 0.25) is 0 Å². The van der Waals surface area contributed by atoms with E-state index in [4.69, 9.17) is 15.9 Å². The van der Waals surface area contributed by atoms with Crippen LogP contribution in [0.1, 0.15) is 24.8 Å². The zero-order valence-electron chi connectivity index (χ0n) is 10.9. The number of unbranched alkanes of at least 4 members (excludes halogenated alkanes) is 1. The molecule has 1 heterocycles. The number of benzene rings is 1. The highest BCUT2D eigenvalue weighted by Gasteiger charge is 2.14. The molecule has 1 N–H and O–H groups in total. The van der Waals surface area contributed by atoms with Gasteiger partial charge < -0.3 is 14.8 Å². The average molecular weight is 324 g/mol. The van der Waals surface area contributed by atoms with Gasteiger partial charge >= 0.3 is 0 Å². The monoisotopic (exact) mass is 323 g/mol. The van der Waals surface area contributed by atoms with Gasteiger partial charge in [0.15, 0.2) is 11.5 Å². The van der Waals surface area contributed by atoms with E-state index in [0.29, 0.717) is 13.2 Å². The predicted molar refractivity (Wildman–Crippen MR) is 79.5 cm³/mol. The van der Waals surface area contributed by atoms with Crippen molar-refractivity contribution in [2.45, 2.75) is 25.8 Å². The third-order valence-electron chi connectivity index (χ3n) is 2.87. The van der Waals surface area contributed by atoms with Crippen LogP contribution in [-0.2, 0) is 6.54 Å². The summed E-state index contributed by atoms with van der Waals surface area (Å²) in [5.41, 5.74) is 1.18. The predicted octanol–water partition coefficient (Wildman–Crippen LogP) is 3.11. The molecule has 0 aromatic heterocycles. The Hall–Kier alpha value is -1.18. The Labute approximate surface area is 122 Å². The number of terminal acetylenes is 1. The molecule has 0 radical (unpaired) electrons. The summed E-state index contributed by atoms with van der Waals surface area (Å²) in [5, 5.41) is 3.37. The highest BCUT2D eigenvalue weighted by molar-refractivity contribution is 9.10. The fourth-order valence-corrected chi connectivity index (χ4v) is 2.54. The van der Waals surface area contributed by atoms with E-state index in [0.717, 1.165) is 48.3 Å². The minimum atomic E-state index is 0.704. The van der Waals surface area contributed by atoms with Crippen molar-refractivity contribution in [3.8, 4) is 23.8 Å². The van der Waals surface area contributed by atoms with Crippen LogP contribution in [0.5, 0.6) is 11.5 Å². The van der Waals surface area contributed by atoms with Gasteiger partial charge in [0.05, 0.1) is 17.7 Å². The molecule has 0 atom stereocenters. The summed E-state index contributed by atoms with van der Waals surface area (Å²) in [7, 11) is 0. The van der Waals surface area contributed by atoms with Gasteiger partial charge in [-0.3, -0.25) is 0 Å². The second kappa shape index (κ2) is 7.42. The smallest absolute Gasteiger partial charge is 0.175 e. The van der Waals surface area contributed by atoms with Gasteiger partial charge in [0, 0.05) is 19.4 Å². The molecule has 0 unspecified atom stereocenters. The van der Waals surface area contributed by atoms with E-state index in [2.05, 4.69) is 33.2 Å². The van der Waals surface area contributed by atoms with Crippen molar-refractivity contribution in [1.29, 1.82) is 0 Å². The minimum absolute atomic E-state index is 0.704. The standard InChI is InChI=1S/C15H18BrNO2/c1-2-3-4-6-17-11-12-9-13(16)15-14(10-12)18-7-5-8-19-15/h1,9-10,17H,3-8,11H2. The van der Waals surface area contributed by atoms with E-state index >= 15 is 0 Å². The number of ether oxygens (including phenoxy) is 2. The van der Waals surface area contributed by atoms with Crippen molar-refractivity contribution in [3.05, 3.63) is 22.2 Å². The number of rotatable bonds is 5. The van der Waals surface area contributed by atoms with Gasteiger partial charge in [-0.25, -0.2) is 0 Å². The van der Waals surface area contributed by atoms with Crippen LogP contribution >= 0.6 is 15.9 Å². The number of halogens is 1. The molecule has 19 heavy (non-hydrogen) atoms. The summed E-state index contributed by atoms with van der Waals surface area (Å²) in [4.78, 5) is 0. The molecule has 0 bridgehead atoms. The molecular formula is C15H18BrNO2. The first-order chi connectivity index (χ1) is 9.31. The van der Waals surface area contributed by atoms with Gasteiger partial charge in [-0.2, -0.15) is 0 Å². The molecule has 0 aliphatic carbocycles. The summed E-state index contributed by atoms with van der Waals surface area (Å²) in [6, 6.07) is 4.11. The van der Waals surface area contributed by atoms with Crippen LogP contribution < -0.4 is 14.8 Å². The number of hydrogen-bond donors (Lipinski definition) is 1. The number of fused-ring (bicyclic) bond motifs is 1. The molecule has 102 valence electrons. The highest BCUT2D eigenvalue weighted by Crippen LogP contribution is 2.38. The van der Waals surface area contributed by atoms with Gasteiger partial charge in [-0.1, -0.05) is 0 Å². The summed E-state index contributed by atoms with van der Waals surface area (Å²) in [6.07, 6.45) is 7.96. The second-order valence-electron chi connectivity index (χ2n) is 4.44. The van der Waals surface area contributed by atoms with Crippen molar-refractivity contribution in [3.63, 3.8) is 0 Å². The van der Waals surface area contributed by atoms with E-state index in [9.17, 15) is 0 Å². The Balaban J connectivity index is 1.97. The van der Waals surface area contributed by atoms with E-state index in [1.54, 1.807) is 0 Å². The SMILES string of the molecule is C#CCCCNCc1cc(Br)c2c(c1)OCCCO2. The largest absolute Gasteiger partial charge is 0.490 e. The lowest BCUT2D eigenvalue weighted by Crippen LogP contribution is -2.14. The Morgan fingerprint density at radius 3 is 3.00 bits per heavy atom. The number of nitrogens with one attached hydrogen (secondary N) is 1. The molecule has 1 aliphatic rings. The summed E-state index contributed by atoms with van der Waals surface area (Å²) < 4.78 is 12.3. The average Bonchev–Trinajstić information content (AvgIpc) is 2.64. The van der Waals surface area contributed by atoms with Gasteiger partial charge in [0.25, 0.3) is 0 Å². The van der Waals surface area contributed by atoms with Crippen LogP contribution in [0.15, 0.2) is 16.6 Å². The maximum Gasteiger partial charge on any atom is 0.175 e. The molecule has 1 aliphatic heterocycles. The molecule has 0 fully saturated rings. The van der Waals surface area contributed by atoms with E-state index in [1.165, 1.54) is 5.56 Å². The molecule has 2 rings (SSSR count). The first-order valence-electron chi connectivity index (χ1n) is 6.53. The van der Waals surface area contributed by atoms with Crippen LogP contribution in [0, 0.1) is 12.3 Å². The zero-order valence-corrected chi connectivity index (χ0v) is 12.5. The maximum atomic E-state index is 5.71. The Morgan fingerprint density at radius 2 is 2.16 bits per heavy atom. The molecule has 3 nitrogen and oxygen atoms in total. The maximum absolute atomic E-state index is 5.71. The topological polar surface area (TPSA) is 30.5 Å². The highest BCUT2D eigenvalue weighted by atomic mass is 79.9. The second-order valence-corrected chi connectivity index (χ2v) is 5.29. The van der Waals surface area contributed by atoms with E-state index in [-0.39, 0.29) is 0 Å². The summed E-state index contributed by atoms with van der Waals surface area (Å²) in [5.74, 6) is 4.28. The van der Waals surface area contributed by atoms with Crippen molar-refractivity contribution >= 4 is 15.9 Å². The molecule has 0 saturated carbocycles. The molecule has 1 aromatic rings. The molecule has 0 spiro atoms. The normalized spacial score (nSPS) is 13.7. The Bertz CT molecular complexity index is 468. The first kappa shape index (κ1) is 14.2. The van der Waals surface area contributed by atoms with Crippen LogP contribution in [0.3, 0.4) is 0 Å². The molecule has 4 heteroatoms. The molecule has 0 amide bonds. The lowest BCUT2D eigenvalue weighted by Gasteiger charge is -2.12. The van der Waals surface area contributed by atoms with Crippen LogP contribution in [0.25, 0.3) is 0 Å². The van der Waals surface area contributed by atoms with Crippen LogP contribution in [0.4, 0.5) is 0 Å². The van der Waals surface area contributed by atoms with Gasteiger partial charge in [0.1, 0.15) is 0 Å². The van der Waals surface area contributed by atoms with E-state index in [1.807, 2.05) is 6.07 Å². The third-order valence-corrected chi connectivity index (χ3v) is 3.45. The molecule has 0 saturated heterocycles. The summed E-state index contributed by atoms with van der Waals surface area (Å²) in [6.45, 7) is 3.14. The van der Waals surface area contributed by atoms with Crippen molar-refractivity contribution in [1.82, 2.24) is 5.32 Å². The summed E-state index contributed by atoms with van der Waals surface area (Å²) >= 11 is 3.54. The van der Waals surface area contributed by atoms with E-state index < -0.39 is 0 Å². The van der Waals surface area contributed by atoms with Crippen molar-refractivity contribution in [2.24, 2.45) is 0 Å². The number of hydrogen-bond acceptors (Lipinski definition) is 3. The lowest BCUT2D eigenvalue weighted by atomic mass is 10.2. The fraction of sp³-hybridized carbons (Fsp3) is 0.467. The van der Waals surface area contributed by atoms with Crippen molar-refractivity contribution in [2.75, 3.05) is 19.8 Å². The van der Waals surface area contributed by atoms with Crippen LogP contribution in [-0.4, -0.2) is 19.8 Å². The van der Waals surface area contributed by atoms with Gasteiger partial charge in [-0.05, 0) is 46.6 Å². The van der Waals surface area contributed by atoms with Crippen molar-refractivity contribution < 1.29 is 9.47 Å². The molecular weight excluding hydrogens is 306 g/mol. The first-order valence-corrected chi connectivity index (χ1v) is 7.33. The zero-order chi connectivity index (χ0) is 13.5. The Morgan fingerprint density at radius 1 is 1.32 bits per heavy atom. The lowest BCUT2D eigenvalue weighted by molar-refractivity contribution is 0.296. The Kier molecular flexibility index (Phi) is 5.56. The third kappa shape index (κ3) is 4.15. The fourth-order valence-electron chi connectivity index (χ4n) is 1.93. The molecule has 1 aromatic carbocycles. The van der Waals surface area contributed by atoms with Gasteiger partial charge in [-0.15, -0.1) is 12.3 Å². The quantitative estimate of drug-likeness (QED) is 0.667. The minimum Gasteiger partial charge on any atom is -0.490 e.